The van der Waals surface area contributed by atoms with Gasteiger partial charge in [-0.25, -0.2) is 13.8 Å². The van der Waals surface area contributed by atoms with Crippen LogP contribution in [-0.2, 0) is 0 Å². The molecule has 0 radical (unpaired) electrons. The molecule has 20 heavy (non-hydrogen) atoms. The summed E-state index contributed by atoms with van der Waals surface area (Å²) in [5.41, 5.74) is -0.655. The van der Waals surface area contributed by atoms with E-state index in [1.165, 1.54) is 6.20 Å². The Morgan fingerprint density at radius 3 is 2.90 bits per heavy atom. The maximum atomic E-state index is 12.8. The average Bonchev–Trinajstić information content (AvgIpc) is 2.45. The zero-order valence-electron chi connectivity index (χ0n) is 10.2. The van der Waals surface area contributed by atoms with Crippen molar-refractivity contribution in [2.24, 2.45) is 0 Å². The van der Waals surface area contributed by atoms with E-state index < -0.39 is 30.5 Å². The lowest BCUT2D eigenvalue weighted by Gasteiger charge is -2.13. The van der Waals surface area contributed by atoms with Gasteiger partial charge in [0, 0.05) is 12.4 Å². The summed E-state index contributed by atoms with van der Waals surface area (Å²) in [6.45, 7) is -2.44. The molecule has 0 aromatic carbocycles. The number of nitrogens with one attached hydrogen (secondary N) is 1. The molecule has 2 aromatic heterocycles. The van der Waals surface area contributed by atoms with E-state index in [0.717, 1.165) is 10.6 Å². The number of pyridine rings is 1. The molecule has 0 saturated carbocycles. The molecule has 2 rings (SSSR count). The Morgan fingerprint density at radius 1 is 1.45 bits per heavy atom. The number of alkyl halides is 2. The third kappa shape index (κ3) is 2.80. The first-order valence-electron chi connectivity index (χ1n) is 5.68. The fourth-order valence-corrected chi connectivity index (χ4v) is 1.54. The zero-order chi connectivity index (χ0) is 14.8. The number of hydrogen-bond donors (Lipinski definition) is 2. The fraction of sp³-hybridized carbons (Fsp3) is 0.250. The zero-order valence-corrected chi connectivity index (χ0v) is 10.2. The van der Waals surface area contributed by atoms with Crippen LogP contribution >= 0.6 is 0 Å². The lowest BCUT2D eigenvalue weighted by atomic mass is 10.3. The summed E-state index contributed by atoms with van der Waals surface area (Å²) < 4.78 is 26.8. The van der Waals surface area contributed by atoms with Crippen LogP contribution in [0.25, 0.3) is 5.65 Å². The van der Waals surface area contributed by atoms with Crippen LogP contribution in [-0.4, -0.2) is 39.5 Å². The lowest BCUT2D eigenvalue weighted by molar-refractivity contribution is -0.0462. The van der Waals surface area contributed by atoms with Gasteiger partial charge in [-0.2, -0.15) is 0 Å². The molecule has 0 fully saturated rings. The minimum absolute atomic E-state index is 0.342. The van der Waals surface area contributed by atoms with Gasteiger partial charge >= 0.3 is 0 Å². The van der Waals surface area contributed by atoms with Crippen molar-refractivity contribution < 1.29 is 18.7 Å². The molecule has 2 heterocycles. The SMILES string of the molecule is O=C(NCC(F)(F)CO)c1cnc2ccccn2c1=O. The maximum Gasteiger partial charge on any atom is 0.287 e. The summed E-state index contributed by atoms with van der Waals surface area (Å²) in [6.07, 6.45) is 2.45. The summed E-state index contributed by atoms with van der Waals surface area (Å²) in [7, 11) is 0. The molecule has 2 aromatic rings. The predicted octanol–water partition coefficient (Wildman–Crippen LogP) is 0.0519. The number of hydrogen-bond acceptors (Lipinski definition) is 4. The number of aliphatic hydroxyl groups excluding tert-OH is 1. The third-order valence-electron chi connectivity index (χ3n) is 2.60. The van der Waals surface area contributed by atoms with Crippen molar-refractivity contribution in [3.63, 3.8) is 0 Å². The topological polar surface area (TPSA) is 83.7 Å². The third-order valence-corrected chi connectivity index (χ3v) is 2.60. The molecule has 0 saturated heterocycles. The van der Waals surface area contributed by atoms with Crippen LogP contribution in [0.4, 0.5) is 8.78 Å². The number of aromatic nitrogens is 2. The van der Waals surface area contributed by atoms with Crippen LogP contribution in [0, 0.1) is 0 Å². The molecule has 2 N–H and O–H groups in total. The van der Waals surface area contributed by atoms with Gasteiger partial charge in [-0.05, 0) is 12.1 Å². The van der Waals surface area contributed by atoms with Crippen LogP contribution in [0.15, 0.2) is 35.4 Å². The monoisotopic (exact) mass is 283 g/mol. The Bertz CT molecular complexity index is 700. The molecular formula is C12H11F2N3O3. The van der Waals surface area contributed by atoms with Gasteiger partial charge in [0.2, 0.25) is 0 Å². The Labute approximate surface area is 111 Å². The van der Waals surface area contributed by atoms with Crippen molar-refractivity contribution in [1.82, 2.24) is 14.7 Å². The summed E-state index contributed by atoms with van der Waals surface area (Å²) in [6, 6.07) is 4.82. The van der Waals surface area contributed by atoms with Crippen LogP contribution in [0.2, 0.25) is 0 Å². The molecule has 0 bridgehead atoms. The Balaban J connectivity index is 2.27. The van der Waals surface area contributed by atoms with Gasteiger partial charge in [-0.3, -0.25) is 14.0 Å². The van der Waals surface area contributed by atoms with Crippen molar-refractivity contribution in [2.45, 2.75) is 5.92 Å². The van der Waals surface area contributed by atoms with Crippen molar-refractivity contribution in [2.75, 3.05) is 13.2 Å². The van der Waals surface area contributed by atoms with E-state index in [9.17, 15) is 18.4 Å². The summed E-state index contributed by atoms with van der Waals surface area (Å²) in [5.74, 6) is -4.40. The first kappa shape index (κ1) is 14.1. The second-order valence-corrected chi connectivity index (χ2v) is 4.10. The van der Waals surface area contributed by atoms with E-state index in [0.29, 0.717) is 5.65 Å². The van der Waals surface area contributed by atoms with E-state index in [2.05, 4.69) is 4.98 Å². The minimum atomic E-state index is -3.43. The number of rotatable bonds is 4. The van der Waals surface area contributed by atoms with Gasteiger partial charge in [0.15, 0.2) is 0 Å². The average molecular weight is 283 g/mol. The largest absolute Gasteiger partial charge is 0.390 e. The van der Waals surface area contributed by atoms with Crippen molar-refractivity contribution in [1.29, 1.82) is 0 Å². The minimum Gasteiger partial charge on any atom is -0.390 e. The van der Waals surface area contributed by atoms with Crippen LogP contribution in [0.1, 0.15) is 10.4 Å². The highest BCUT2D eigenvalue weighted by atomic mass is 19.3. The number of carbonyl (C=O) groups is 1. The van der Waals surface area contributed by atoms with Crippen molar-refractivity contribution in [3.05, 3.63) is 46.5 Å². The van der Waals surface area contributed by atoms with Gasteiger partial charge in [0.05, 0.1) is 6.54 Å². The van der Waals surface area contributed by atoms with Gasteiger partial charge in [-0.15, -0.1) is 0 Å². The highest BCUT2D eigenvalue weighted by Gasteiger charge is 2.28. The number of carbonyl (C=O) groups excluding carboxylic acids is 1. The van der Waals surface area contributed by atoms with E-state index in [1.54, 1.807) is 18.2 Å². The highest BCUT2D eigenvalue weighted by Crippen LogP contribution is 2.09. The highest BCUT2D eigenvalue weighted by molar-refractivity contribution is 5.93. The molecule has 0 aliphatic rings. The fourth-order valence-electron chi connectivity index (χ4n) is 1.54. The Morgan fingerprint density at radius 2 is 2.20 bits per heavy atom. The molecule has 0 spiro atoms. The summed E-state index contributed by atoms with van der Waals surface area (Å²) in [5, 5.41) is 10.3. The lowest BCUT2D eigenvalue weighted by Crippen LogP contribution is -2.41. The summed E-state index contributed by atoms with van der Waals surface area (Å²) in [4.78, 5) is 27.6. The van der Waals surface area contributed by atoms with E-state index >= 15 is 0 Å². The second kappa shape index (κ2) is 5.33. The van der Waals surface area contributed by atoms with Gasteiger partial charge in [-0.1, -0.05) is 6.07 Å². The molecule has 8 heteroatoms. The van der Waals surface area contributed by atoms with E-state index in [4.69, 9.17) is 5.11 Å². The number of amides is 1. The molecule has 0 unspecified atom stereocenters. The van der Waals surface area contributed by atoms with Gasteiger partial charge in [0.1, 0.15) is 17.8 Å². The molecule has 0 aliphatic carbocycles. The Hall–Kier alpha value is -2.35. The van der Waals surface area contributed by atoms with E-state index in [-0.39, 0.29) is 5.56 Å². The summed E-state index contributed by atoms with van der Waals surface area (Å²) >= 11 is 0. The number of halogens is 2. The molecular weight excluding hydrogens is 272 g/mol. The molecule has 0 aliphatic heterocycles. The van der Waals surface area contributed by atoms with Crippen LogP contribution in [0.5, 0.6) is 0 Å². The number of fused-ring (bicyclic) bond motifs is 1. The molecule has 106 valence electrons. The van der Waals surface area contributed by atoms with Crippen molar-refractivity contribution in [3.8, 4) is 0 Å². The number of aliphatic hydroxyl groups is 1. The predicted molar refractivity (Wildman–Crippen MR) is 65.8 cm³/mol. The molecule has 6 nitrogen and oxygen atoms in total. The quantitative estimate of drug-likeness (QED) is 0.830. The van der Waals surface area contributed by atoms with E-state index in [1.807, 2.05) is 5.32 Å². The van der Waals surface area contributed by atoms with Crippen LogP contribution < -0.4 is 10.9 Å². The maximum absolute atomic E-state index is 12.8. The van der Waals surface area contributed by atoms with Gasteiger partial charge in [0.25, 0.3) is 17.4 Å². The Kier molecular flexibility index (Phi) is 3.75. The normalized spacial score (nSPS) is 11.6. The number of nitrogens with zero attached hydrogens (tertiary/aromatic N) is 2. The first-order chi connectivity index (χ1) is 9.44. The van der Waals surface area contributed by atoms with Crippen LogP contribution in [0.3, 0.4) is 0 Å². The van der Waals surface area contributed by atoms with Crippen molar-refractivity contribution >= 4 is 11.6 Å². The molecule has 1 amide bonds. The smallest absolute Gasteiger partial charge is 0.287 e. The van der Waals surface area contributed by atoms with Gasteiger partial charge < -0.3 is 10.4 Å². The second-order valence-electron chi connectivity index (χ2n) is 4.10. The first-order valence-corrected chi connectivity index (χ1v) is 5.68. The standard InChI is InChI=1S/C12H11F2N3O3/c13-12(14,7-18)6-16-10(19)8-5-15-9-3-1-2-4-17(9)11(8)20/h1-5,18H,6-7H2,(H,16,19). The molecule has 0 atom stereocenters.